The maximum absolute atomic E-state index is 13.0. The van der Waals surface area contributed by atoms with Gasteiger partial charge in [-0.15, -0.1) is 5.10 Å². The van der Waals surface area contributed by atoms with E-state index in [1.165, 1.54) is 10.7 Å². The Hall–Kier alpha value is -3.30. The van der Waals surface area contributed by atoms with Crippen LogP contribution < -0.4 is 11.3 Å². The molecule has 1 amide bonds. The number of carbonyl (C=O) groups is 1. The average Bonchev–Trinajstić information content (AvgIpc) is 3.12. The van der Waals surface area contributed by atoms with Gasteiger partial charge in [0.1, 0.15) is 5.56 Å². The number of primary amides is 1. The summed E-state index contributed by atoms with van der Waals surface area (Å²) in [5, 5.41) is 5.68. The van der Waals surface area contributed by atoms with Crippen molar-refractivity contribution in [1.29, 1.82) is 0 Å². The van der Waals surface area contributed by atoms with E-state index in [1.54, 1.807) is 48.5 Å². The number of rotatable bonds is 5. The number of hydrogen-bond donors (Lipinski definition) is 1. The van der Waals surface area contributed by atoms with Gasteiger partial charge in [-0.25, -0.2) is 4.68 Å². The molecule has 0 unspecified atom stereocenters. The van der Waals surface area contributed by atoms with Gasteiger partial charge in [-0.3, -0.25) is 14.2 Å². The van der Waals surface area contributed by atoms with Crippen molar-refractivity contribution >= 4 is 40.1 Å². The van der Waals surface area contributed by atoms with Crippen LogP contribution >= 0.6 is 23.2 Å². The summed E-state index contributed by atoms with van der Waals surface area (Å²) in [6.45, 7) is -0.725. The first-order valence-corrected chi connectivity index (χ1v) is 10.4. The molecule has 0 fully saturated rings. The fourth-order valence-electron chi connectivity index (χ4n) is 3.48. The topological polar surface area (TPSA) is 82.9 Å². The van der Waals surface area contributed by atoms with E-state index in [2.05, 4.69) is 5.10 Å². The zero-order valence-corrected chi connectivity index (χ0v) is 18.2. The van der Waals surface area contributed by atoms with Crippen molar-refractivity contribution in [2.75, 3.05) is 0 Å². The van der Waals surface area contributed by atoms with Gasteiger partial charge in [0.15, 0.2) is 5.65 Å². The largest absolute Gasteiger partial charge is 0.390 e. The molecule has 0 saturated carbocycles. The Balaban J connectivity index is 2.09. The molecule has 33 heavy (non-hydrogen) atoms. The molecule has 2 heterocycles. The number of amides is 1. The highest BCUT2D eigenvalue weighted by molar-refractivity contribution is 6.31. The molecule has 11 heteroatoms. The molecule has 0 bridgehead atoms. The lowest BCUT2D eigenvalue weighted by molar-refractivity contribution is -0.136. The SMILES string of the molecule is NC(=O)c1cc2c(-c3ccc(Cl)cc3)n(-c3ccc(Cl)cc3)nc2n(CCC(F)(F)F)c1=O. The van der Waals surface area contributed by atoms with Crippen molar-refractivity contribution in [1.82, 2.24) is 14.3 Å². The molecule has 0 aliphatic rings. The number of halogens is 5. The number of aromatic nitrogens is 3. The molecule has 6 nitrogen and oxygen atoms in total. The zero-order chi connectivity index (χ0) is 23.9. The van der Waals surface area contributed by atoms with E-state index in [0.29, 0.717) is 27.0 Å². The first-order chi connectivity index (χ1) is 15.5. The van der Waals surface area contributed by atoms with E-state index in [0.717, 1.165) is 4.57 Å². The molecular formula is C22H15Cl2F3N4O2. The van der Waals surface area contributed by atoms with Crippen LogP contribution in [0.4, 0.5) is 13.2 Å². The van der Waals surface area contributed by atoms with Crippen LogP contribution in [-0.4, -0.2) is 26.4 Å². The number of nitrogens with zero attached hydrogens (tertiary/aromatic N) is 3. The maximum Gasteiger partial charge on any atom is 0.390 e. The summed E-state index contributed by atoms with van der Waals surface area (Å²) >= 11 is 12.0. The number of benzene rings is 2. The number of nitrogens with two attached hydrogens (primary N) is 1. The van der Waals surface area contributed by atoms with Crippen LogP contribution in [0, 0.1) is 0 Å². The molecule has 0 radical (unpaired) electrons. The van der Waals surface area contributed by atoms with Gasteiger partial charge in [-0.2, -0.15) is 13.2 Å². The van der Waals surface area contributed by atoms with Crippen molar-refractivity contribution in [2.45, 2.75) is 19.1 Å². The van der Waals surface area contributed by atoms with Crippen molar-refractivity contribution in [2.24, 2.45) is 5.73 Å². The number of hydrogen-bond acceptors (Lipinski definition) is 3. The second-order valence-corrected chi connectivity index (χ2v) is 8.10. The molecule has 0 aliphatic carbocycles. The maximum atomic E-state index is 13.0. The van der Waals surface area contributed by atoms with Crippen LogP contribution in [0.3, 0.4) is 0 Å². The molecule has 0 spiro atoms. The zero-order valence-electron chi connectivity index (χ0n) is 16.7. The third-order valence-corrected chi connectivity index (χ3v) is 5.50. The quantitative estimate of drug-likeness (QED) is 0.413. The minimum absolute atomic E-state index is 0.0193. The Kier molecular flexibility index (Phi) is 5.94. The standard InChI is InChI=1S/C22H15Cl2F3N4O2/c23-13-3-1-12(2-4-13)18-16-11-17(19(28)32)21(33)30(10-9-22(25,26)27)20(16)29-31(18)15-7-5-14(24)6-8-15/h1-8,11H,9-10H2,(H2,28,32). The van der Waals surface area contributed by atoms with Gasteiger partial charge in [0.2, 0.25) is 0 Å². The molecule has 170 valence electrons. The van der Waals surface area contributed by atoms with E-state index in [1.807, 2.05) is 0 Å². The van der Waals surface area contributed by atoms with Crippen molar-refractivity contribution < 1.29 is 18.0 Å². The summed E-state index contributed by atoms with van der Waals surface area (Å²) in [6.07, 6.45) is -5.81. The number of aryl methyl sites for hydroxylation is 1. The predicted octanol–water partition coefficient (Wildman–Crippen LogP) is 5.21. The van der Waals surface area contributed by atoms with Crippen molar-refractivity contribution in [3.63, 3.8) is 0 Å². The molecule has 2 aromatic carbocycles. The van der Waals surface area contributed by atoms with E-state index in [-0.39, 0.29) is 11.0 Å². The predicted molar refractivity (Wildman–Crippen MR) is 120 cm³/mol. The Morgan fingerprint density at radius 3 is 2.12 bits per heavy atom. The molecule has 0 aliphatic heterocycles. The Morgan fingerprint density at radius 1 is 1.00 bits per heavy atom. The van der Waals surface area contributed by atoms with Crippen LogP contribution in [0.1, 0.15) is 16.8 Å². The first-order valence-electron chi connectivity index (χ1n) is 9.60. The minimum atomic E-state index is -4.52. The summed E-state index contributed by atoms with van der Waals surface area (Å²) in [4.78, 5) is 24.8. The van der Waals surface area contributed by atoms with Gasteiger partial charge in [-0.1, -0.05) is 35.3 Å². The highest BCUT2D eigenvalue weighted by atomic mass is 35.5. The highest BCUT2D eigenvalue weighted by Gasteiger charge is 2.29. The number of fused-ring (bicyclic) bond motifs is 1. The van der Waals surface area contributed by atoms with Crippen LogP contribution in [0.15, 0.2) is 59.4 Å². The van der Waals surface area contributed by atoms with Gasteiger partial charge in [0.05, 0.1) is 17.8 Å². The molecule has 0 atom stereocenters. The molecule has 2 N–H and O–H groups in total. The number of carbonyl (C=O) groups excluding carboxylic acids is 1. The lowest BCUT2D eigenvalue weighted by Crippen LogP contribution is -2.31. The lowest BCUT2D eigenvalue weighted by atomic mass is 10.1. The Labute approximate surface area is 194 Å². The van der Waals surface area contributed by atoms with Gasteiger partial charge in [0, 0.05) is 27.5 Å². The molecule has 2 aromatic heterocycles. The first kappa shape index (κ1) is 22.9. The Morgan fingerprint density at radius 2 is 1.58 bits per heavy atom. The summed E-state index contributed by atoms with van der Waals surface area (Å²) in [6, 6.07) is 14.5. The average molecular weight is 495 g/mol. The van der Waals surface area contributed by atoms with E-state index >= 15 is 0 Å². The summed E-state index contributed by atoms with van der Waals surface area (Å²) in [5.41, 5.74) is 5.55. The van der Waals surface area contributed by atoms with Crippen LogP contribution in [0.25, 0.3) is 28.0 Å². The van der Waals surface area contributed by atoms with Gasteiger partial charge in [-0.05, 0) is 42.5 Å². The van der Waals surface area contributed by atoms with Crippen molar-refractivity contribution in [3.05, 3.63) is 80.6 Å². The number of pyridine rings is 1. The summed E-state index contributed by atoms with van der Waals surface area (Å²) in [5.74, 6) is -1.05. The fraction of sp³-hybridized carbons (Fsp3) is 0.136. The lowest BCUT2D eigenvalue weighted by Gasteiger charge is -2.11. The van der Waals surface area contributed by atoms with E-state index in [9.17, 15) is 22.8 Å². The fourth-order valence-corrected chi connectivity index (χ4v) is 3.73. The molecular weight excluding hydrogens is 480 g/mol. The molecule has 4 aromatic rings. The van der Waals surface area contributed by atoms with Crippen molar-refractivity contribution in [3.8, 4) is 16.9 Å². The molecule has 4 rings (SSSR count). The monoisotopic (exact) mass is 494 g/mol. The van der Waals surface area contributed by atoms with Crippen LogP contribution in [0.2, 0.25) is 10.0 Å². The van der Waals surface area contributed by atoms with Crippen LogP contribution in [0.5, 0.6) is 0 Å². The van der Waals surface area contributed by atoms with Gasteiger partial charge < -0.3 is 5.73 Å². The van der Waals surface area contributed by atoms with Crippen LogP contribution in [-0.2, 0) is 6.54 Å². The van der Waals surface area contributed by atoms with E-state index in [4.69, 9.17) is 28.9 Å². The second-order valence-electron chi connectivity index (χ2n) is 7.23. The normalized spacial score (nSPS) is 11.8. The molecule has 0 saturated heterocycles. The van der Waals surface area contributed by atoms with Gasteiger partial charge in [0.25, 0.3) is 11.5 Å². The third-order valence-electron chi connectivity index (χ3n) is 5.00. The van der Waals surface area contributed by atoms with E-state index < -0.39 is 36.2 Å². The Bertz CT molecular complexity index is 1410. The van der Waals surface area contributed by atoms with Gasteiger partial charge >= 0.3 is 6.18 Å². The number of alkyl halides is 3. The summed E-state index contributed by atoms with van der Waals surface area (Å²) < 4.78 is 41.2. The third kappa shape index (κ3) is 4.60. The summed E-state index contributed by atoms with van der Waals surface area (Å²) in [7, 11) is 0. The highest BCUT2D eigenvalue weighted by Crippen LogP contribution is 2.33. The smallest absolute Gasteiger partial charge is 0.365 e. The second kappa shape index (κ2) is 8.57. The minimum Gasteiger partial charge on any atom is -0.365 e.